The molecule has 100 valence electrons. The maximum Gasteiger partial charge on any atom is 0.287 e. The van der Waals surface area contributed by atoms with Crippen LogP contribution in [0, 0.1) is 10.1 Å². The summed E-state index contributed by atoms with van der Waals surface area (Å²) >= 11 is 3.29. The number of nitro groups is 1. The van der Waals surface area contributed by atoms with Crippen LogP contribution in [0.4, 0.5) is 5.69 Å². The summed E-state index contributed by atoms with van der Waals surface area (Å²) in [6, 6.07) is 1.07. The molecule has 1 rings (SSSR count). The number of aromatic amines is 1. The van der Waals surface area contributed by atoms with E-state index in [0.29, 0.717) is 13.0 Å². The Hall–Kier alpha value is -1.41. The molecule has 8 heteroatoms. The number of hydrogen-bond donors (Lipinski definition) is 2. The zero-order valence-corrected chi connectivity index (χ0v) is 11.4. The van der Waals surface area contributed by atoms with Crippen molar-refractivity contribution in [1.29, 1.82) is 0 Å². The van der Waals surface area contributed by atoms with Crippen molar-refractivity contribution < 1.29 is 14.5 Å². The highest BCUT2D eigenvalue weighted by Crippen LogP contribution is 2.12. The van der Waals surface area contributed by atoms with Gasteiger partial charge >= 0.3 is 0 Å². The summed E-state index contributed by atoms with van der Waals surface area (Å²) in [5, 5.41) is 14.0. The van der Waals surface area contributed by atoms with Gasteiger partial charge in [-0.3, -0.25) is 14.9 Å². The van der Waals surface area contributed by atoms with Crippen molar-refractivity contribution in [2.45, 2.75) is 12.5 Å². The Balaban J connectivity index is 2.64. The second-order valence-corrected chi connectivity index (χ2v) is 4.43. The molecule has 2 N–H and O–H groups in total. The molecule has 0 aliphatic carbocycles. The van der Waals surface area contributed by atoms with Crippen LogP contribution in [0.25, 0.3) is 0 Å². The standard InChI is InChI=1S/C10H14BrN3O4/c1-18-6-7(2-3-11)13-10(15)9-4-8(5-12-9)14(16)17/h4-5,7,12H,2-3,6H2,1H3,(H,13,15). The second kappa shape index (κ2) is 7.12. The van der Waals surface area contributed by atoms with E-state index >= 15 is 0 Å². The van der Waals surface area contributed by atoms with Gasteiger partial charge < -0.3 is 15.0 Å². The average Bonchev–Trinajstić information content (AvgIpc) is 2.79. The number of ether oxygens (including phenoxy) is 1. The molecule has 0 bridgehead atoms. The number of aromatic nitrogens is 1. The molecular formula is C10H14BrN3O4. The quantitative estimate of drug-likeness (QED) is 0.451. The third kappa shape index (κ3) is 4.11. The Labute approximate surface area is 112 Å². The van der Waals surface area contributed by atoms with Gasteiger partial charge in [-0.2, -0.15) is 0 Å². The molecule has 1 amide bonds. The predicted octanol–water partition coefficient (Wildman–Crippen LogP) is 1.45. The lowest BCUT2D eigenvalue weighted by atomic mass is 10.2. The van der Waals surface area contributed by atoms with Gasteiger partial charge in [-0.15, -0.1) is 0 Å². The Morgan fingerprint density at radius 3 is 2.94 bits per heavy atom. The van der Waals surface area contributed by atoms with E-state index in [9.17, 15) is 14.9 Å². The van der Waals surface area contributed by atoms with E-state index in [1.54, 1.807) is 7.11 Å². The van der Waals surface area contributed by atoms with Gasteiger partial charge in [0.15, 0.2) is 0 Å². The Morgan fingerprint density at radius 1 is 1.72 bits per heavy atom. The third-order valence-electron chi connectivity index (χ3n) is 2.28. The van der Waals surface area contributed by atoms with E-state index in [2.05, 4.69) is 26.2 Å². The fourth-order valence-corrected chi connectivity index (χ4v) is 1.97. The number of amides is 1. The zero-order valence-electron chi connectivity index (χ0n) is 9.81. The first-order chi connectivity index (χ1) is 8.58. The SMILES string of the molecule is COCC(CCBr)NC(=O)c1cc([N+](=O)[O-])c[nH]1. The van der Waals surface area contributed by atoms with Gasteiger partial charge in [-0.25, -0.2) is 0 Å². The summed E-state index contributed by atoms with van der Waals surface area (Å²) in [4.78, 5) is 24.3. The second-order valence-electron chi connectivity index (χ2n) is 3.63. The smallest absolute Gasteiger partial charge is 0.287 e. The van der Waals surface area contributed by atoms with Crippen molar-refractivity contribution in [3.05, 3.63) is 28.1 Å². The first-order valence-electron chi connectivity index (χ1n) is 5.27. The topological polar surface area (TPSA) is 97.3 Å². The first kappa shape index (κ1) is 14.7. The molecule has 0 radical (unpaired) electrons. The fraction of sp³-hybridized carbons (Fsp3) is 0.500. The van der Waals surface area contributed by atoms with Crippen LogP contribution in [-0.2, 0) is 4.74 Å². The van der Waals surface area contributed by atoms with Crippen molar-refractivity contribution in [1.82, 2.24) is 10.3 Å². The maximum atomic E-state index is 11.8. The van der Waals surface area contributed by atoms with E-state index in [0.717, 1.165) is 5.33 Å². The normalized spacial score (nSPS) is 12.1. The van der Waals surface area contributed by atoms with Crippen molar-refractivity contribution in [2.75, 3.05) is 19.0 Å². The maximum absolute atomic E-state index is 11.8. The van der Waals surface area contributed by atoms with E-state index in [4.69, 9.17) is 4.74 Å². The summed E-state index contributed by atoms with van der Waals surface area (Å²) in [5.74, 6) is -0.383. The molecule has 1 atom stereocenters. The van der Waals surface area contributed by atoms with Crippen LogP contribution in [0.15, 0.2) is 12.3 Å². The zero-order chi connectivity index (χ0) is 13.5. The highest BCUT2D eigenvalue weighted by molar-refractivity contribution is 9.09. The number of nitrogens with one attached hydrogen (secondary N) is 2. The Kier molecular flexibility index (Phi) is 5.79. The van der Waals surface area contributed by atoms with Crippen LogP contribution in [0.3, 0.4) is 0 Å². The van der Waals surface area contributed by atoms with E-state index in [-0.39, 0.29) is 23.3 Å². The van der Waals surface area contributed by atoms with Crippen LogP contribution < -0.4 is 5.32 Å². The van der Waals surface area contributed by atoms with E-state index < -0.39 is 4.92 Å². The molecule has 0 aliphatic rings. The predicted molar refractivity (Wildman–Crippen MR) is 69.0 cm³/mol. The van der Waals surface area contributed by atoms with Crippen molar-refractivity contribution >= 4 is 27.5 Å². The highest BCUT2D eigenvalue weighted by Gasteiger charge is 2.17. The number of nitrogens with zero attached hydrogens (tertiary/aromatic N) is 1. The molecular weight excluding hydrogens is 306 g/mol. The molecule has 1 aromatic heterocycles. The van der Waals surface area contributed by atoms with Crippen LogP contribution in [0.2, 0.25) is 0 Å². The number of carbonyl (C=O) groups excluding carboxylic acids is 1. The van der Waals surface area contributed by atoms with Crippen LogP contribution in [0.1, 0.15) is 16.9 Å². The van der Waals surface area contributed by atoms with Crippen molar-refractivity contribution in [2.24, 2.45) is 0 Å². The summed E-state index contributed by atoms with van der Waals surface area (Å²) in [7, 11) is 1.55. The Bertz CT molecular complexity index is 415. The van der Waals surface area contributed by atoms with Gasteiger partial charge in [0.05, 0.1) is 23.8 Å². The van der Waals surface area contributed by atoms with Crippen LogP contribution in [-0.4, -0.2) is 40.9 Å². The molecule has 0 spiro atoms. The summed E-state index contributed by atoms with van der Waals surface area (Å²) in [6.45, 7) is 0.389. The van der Waals surface area contributed by atoms with Gasteiger partial charge in [0.1, 0.15) is 5.69 Å². The molecule has 1 unspecified atom stereocenters. The summed E-state index contributed by atoms with van der Waals surface area (Å²) < 4.78 is 4.98. The van der Waals surface area contributed by atoms with Gasteiger partial charge in [-0.1, -0.05) is 15.9 Å². The molecule has 0 saturated heterocycles. The lowest BCUT2D eigenvalue weighted by Crippen LogP contribution is -2.38. The third-order valence-corrected chi connectivity index (χ3v) is 2.74. The number of carbonyl (C=O) groups is 1. The summed E-state index contributed by atoms with van der Waals surface area (Å²) in [6.07, 6.45) is 1.90. The van der Waals surface area contributed by atoms with E-state index in [1.165, 1.54) is 12.3 Å². The van der Waals surface area contributed by atoms with Gasteiger partial charge in [0.2, 0.25) is 0 Å². The number of H-pyrrole nitrogens is 1. The molecule has 0 aromatic carbocycles. The minimum Gasteiger partial charge on any atom is -0.383 e. The Morgan fingerprint density at radius 2 is 2.44 bits per heavy atom. The highest BCUT2D eigenvalue weighted by atomic mass is 79.9. The minimum absolute atomic E-state index is 0.135. The van der Waals surface area contributed by atoms with Gasteiger partial charge in [0.25, 0.3) is 11.6 Å². The monoisotopic (exact) mass is 319 g/mol. The summed E-state index contributed by atoms with van der Waals surface area (Å²) in [5.41, 5.74) is 0.0290. The minimum atomic E-state index is -0.557. The largest absolute Gasteiger partial charge is 0.383 e. The van der Waals surface area contributed by atoms with Crippen molar-refractivity contribution in [3.63, 3.8) is 0 Å². The molecule has 0 saturated carbocycles. The lowest BCUT2D eigenvalue weighted by molar-refractivity contribution is -0.384. The van der Waals surface area contributed by atoms with Gasteiger partial charge in [-0.05, 0) is 6.42 Å². The molecule has 0 aliphatic heterocycles. The number of halogens is 1. The first-order valence-corrected chi connectivity index (χ1v) is 6.39. The molecule has 1 heterocycles. The van der Waals surface area contributed by atoms with E-state index in [1.807, 2.05) is 0 Å². The molecule has 18 heavy (non-hydrogen) atoms. The molecule has 0 fully saturated rings. The van der Waals surface area contributed by atoms with Crippen LogP contribution >= 0.6 is 15.9 Å². The van der Waals surface area contributed by atoms with Gasteiger partial charge in [0, 0.05) is 18.5 Å². The number of rotatable bonds is 7. The number of alkyl halides is 1. The van der Waals surface area contributed by atoms with Crippen molar-refractivity contribution in [3.8, 4) is 0 Å². The number of methoxy groups -OCH3 is 1. The number of hydrogen-bond acceptors (Lipinski definition) is 4. The average molecular weight is 320 g/mol. The fourth-order valence-electron chi connectivity index (χ4n) is 1.41. The molecule has 7 nitrogen and oxygen atoms in total. The van der Waals surface area contributed by atoms with Crippen LogP contribution in [0.5, 0.6) is 0 Å². The lowest BCUT2D eigenvalue weighted by Gasteiger charge is -2.15. The molecule has 1 aromatic rings.